The molecule has 5 rings (SSSR count). The first kappa shape index (κ1) is 15.8. The first-order valence-electron chi connectivity index (χ1n) is 9.18. The maximum atomic E-state index is 13.1. The second kappa shape index (κ2) is 6.40. The van der Waals surface area contributed by atoms with E-state index in [2.05, 4.69) is 36.4 Å². The van der Waals surface area contributed by atoms with Crippen LogP contribution in [0.15, 0.2) is 94.1 Å². The summed E-state index contributed by atoms with van der Waals surface area (Å²) in [5.74, 6) is 0.928. The normalized spacial score (nSPS) is 16.0. The van der Waals surface area contributed by atoms with Crippen LogP contribution in [0.1, 0.15) is 28.4 Å². The van der Waals surface area contributed by atoms with E-state index in [0.717, 1.165) is 16.9 Å². The van der Waals surface area contributed by atoms with Crippen LogP contribution in [-0.2, 0) is 6.42 Å². The highest BCUT2D eigenvalue weighted by molar-refractivity contribution is 5.90. The largest absolute Gasteiger partial charge is 0.460 e. The van der Waals surface area contributed by atoms with E-state index >= 15 is 0 Å². The smallest absolute Gasteiger partial charge is 0.200 e. The van der Waals surface area contributed by atoms with Gasteiger partial charge in [-0.15, -0.1) is 0 Å². The van der Waals surface area contributed by atoms with Gasteiger partial charge in [-0.2, -0.15) is 0 Å². The highest BCUT2D eigenvalue weighted by Crippen LogP contribution is 2.40. The van der Waals surface area contributed by atoms with Crippen LogP contribution in [0.25, 0.3) is 22.6 Å². The Labute approximate surface area is 157 Å². The Bertz CT molecular complexity index is 1200. The van der Waals surface area contributed by atoms with Crippen LogP contribution < -0.4 is 5.43 Å². The van der Waals surface area contributed by atoms with Crippen molar-refractivity contribution in [1.82, 2.24) is 0 Å². The zero-order valence-corrected chi connectivity index (χ0v) is 14.8. The number of hydrogen-bond donors (Lipinski definition) is 0. The van der Waals surface area contributed by atoms with Crippen molar-refractivity contribution < 1.29 is 4.42 Å². The fourth-order valence-electron chi connectivity index (χ4n) is 3.95. The Hall–Kier alpha value is -3.39. The summed E-state index contributed by atoms with van der Waals surface area (Å²) >= 11 is 0. The van der Waals surface area contributed by atoms with E-state index in [1.54, 1.807) is 0 Å². The summed E-state index contributed by atoms with van der Waals surface area (Å²) < 4.78 is 6.16. The summed E-state index contributed by atoms with van der Waals surface area (Å²) in [6.07, 6.45) is 2.71. The third-order valence-corrected chi connectivity index (χ3v) is 5.28. The number of hydrogen-bond acceptors (Lipinski definition) is 2. The second-order valence-corrected chi connectivity index (χ2v) is 6.90. The average molecular weight is 350 g/mol. The fourth-order valence-corrected chi connectivity index (χ4v) is 3.95. The molecule has 0 bridgehead atoms. The number of benzene rings is 3. The zero-order valence-electron chi connectivity index (χ0n) is 14.8. The number of allylic oxidation sites excluding steroid dienone is 1. The van der Waals surface area contributed by atoms with E-state index in [1.165, 1.54) is 5.56 Å². The van der Waals surface area contributed by atoms with Gasteiger partial charge in [0.05, 0.1) is 10.9 Å². The van der Waals surface area contributed by atoms with E-state index in [0.29, 0.717) is 23.0 Å². The molecule has 0 spiro atoms. The molecule has 1 heterocycles. The molecular formula is C25H18O2. The molecule has 0 N–H and O–H groups in total. The summed E-state index contributed by atoms with van der Waals surface area (Å²) in [4.78, 5) is 13.1. The molecule has 2 heteroatoms. The zero-order chi connectivity index (χ0) is 18.2. The van der Waals surface area contributed by atoms with E-state index < -0.39 is 0 Å². The van der Waals surface area contributed by atoms with E-state index in [9.17, 15) is 4.79 Å². The van der Waals surface area contributed by atoms with Gasteiger partial charge in [-0.25, -0.2) is 0 Å². The van der Waals surface area contributed by atoms with Crippen LogP contribution in [0, 0.1) is 0 Å². The lowest BCUT2D eigenvalue weighted by molar-refractivity contribution is 0.521. The van der Waals surface area contributed by atoms with E-state index in [1.807, 2.05) is 54.6 Å². The molecule has 1 aromatic heterocycles. The minimum absolute atomic E-state index is 0.0480. The van der Waals surface area contributed by atoms with Gasteiger partial charge in [0.25, 0.3) is 0 Å². The highest BCUT2D eigenvalue weighted by Gasteiger charge is 2.27. The van der Waals surface area contributed by atoms with Crippen molar-refractivity contribution in [3.63, 3.8) is 0 Å². The Morgan fingerprint density at radius 3 is 2.22 bits per heavy atom. The van der Waals surface area contributed by atoms with Crippen molar-refractivity contribution in [2.75, 3.05) is 0 Å². The van der Waals surface area contributed by atoms with Crippen LogP contribution in [0.3, 0.4) is 0 Å². The standard InChI is InChI=1S/C25H18O2/c26-25-19-13-7-8-14-23(19)27-24-16-21(18-11-5-2-6-12-18)20(15-22(24)25)17-9-3-1-4-10-17/h1-15,21H,16H2/t21-/m1/s1. The number of fused-ring (bicyclic) bond motifs is 2. The molecule has 0 saturated carbocycles. The molecule has 130 valence electrons. The summed E-state index contributed by atoms with van der Waals surface area (Å²) in [6.45, 7) is 0. The summed E-state index contributed by atoms with van der Waals surface area (Å²) in [7, 11) is 0. The van der Waals surface area contributed by atoms with Crippen molar-refractivity contribution in [2.24, 2.45) is 0 Å². The Balaban J connectivity index is 1.77. The van der Waals surface area contributed by atoms with Gasteiger partial charge in [0.1, 0.15) is 11.3 Å². The van der Waals surface area contributed by atoms with Gasteiger partial charge in [0.2, 0.25) is 0 Å². The molecule has 0 amide bonds. The van der Waals surface area contributed by atoms with E-state index in [-0.39, 0.29) is 11.3 Å². The molecule has 2 nitrogen and oxygen atoms in total. The van der Waals surface area contributed by atoms with Crippen molar-refractivity contribution >= 4 is 22.6 Å². The van der Waals surface area contributed by atoms with Crippen LogP contribution >= 0.6 is 0 Å². The molecule has 0 unspecified atom stereocenters. The van der Waals surface area contributed by atoms with Crippen molar-refractivity contribution in [3.8, 4) is 0 Å². The third kappa shape index (κ3) is 2.70. The quantitative estimate of drug-likeness (QED) is 0.466. The topological polar surface area (TPSA) is 30.2 Å². The Morgan fingerprint density at radius 2 is 1.44 bits per heavy atom. The molecule has 0 radical (unpaired) electrons. The van der Waals surface area contributed by atoms with Crippen molar-refractivity contribution in [2.45, 2.75) is 12.3 Å². The molecule has 3 aromatic carbocycles. The lowest BCUT2D eigenvalue weighted by atomic mass is 9.78. The van der Waals surface area contributed by atoms with Gasteiger partial charge in [-0.1, -0.05) is 72.8 Å². The number of rotatable bonds is 2. The summed E-state index contributed by atoms with van der Waals surface area (Å²) in [5.41, 5.74) is 4.92. The molecule has 1 aliphatic carbocycles. The Morgan fingerprint density at radius 1 is 0.778 bits per heavy atom. The molecule has 4 aromatic rings. The van der Waals surface area contributed by atoms with E-state index in [4.69, 9.17) is 4.42 Å². The van der Waals surface area contributed by atoms with Gasteiger partial charge < -0.3 is 4.42 Å². The lowest BCUT2D eigenvalue weighted by Crippen LogP contribution is -2.17. The fraction of sp³-hybridized carbons (Fsp3) is 0.0800. The maximum Gasteiger partial charge on any atom is 0.200 e. The molecule has 0 fully saturated rings. The molecule has 0 saturated heterocycles. The van der Waals surface area contributed by atoms with Crippen LogP contribution in [0.4, 0.5) is 0 Å². The van der Waals surface area contributed by atoms with Crippen LogP contribution in [0.5, 0.6) is 0 Å². The maximum absolute atomic E-state index is 13.1. The van der Waals surface area contributed by atoms with Gasteiger partial charge in [0, 0.05) is 12.3 Å². The van der Waals surface area contributed by atoms with Gasteiger partial charge in [-0.05, 0) is 34.9 Å². The highest BCUT2D eigenvalue weighted by atomic mass is 16.3. The first-order valence-corrected chi connectivity index (χ1v) is 9.18. The summed E-state index contributed by atoms with van der Waals surface area (Å²) in [5, 5.41) is 0.637. The number of para-hydroxylation sites is 1. The molecule has 1 aliphatic rings. The lowest BCUT2D eigenvalue weighted by Gasteiger charge is -2.26. The van der Waals surface area contributed by atoms with Crippen molar-refractivity contribution in [3.05, 3.63) is 118 Å². The molecule has 0 aliphatic heterocycles. The third-order valence-electron chi connectivity index (χ3n) is 5.28. The minimum Gasteiger partial charge on any atom is -0.460 e. The Kier molecular flexibility index (Phi) is 3.75. The molecule has 27 heavy (non-hydrogen) atoms. The average Bonchev–Trinajstić information content (AvgIpc) is 2.74. The predicted molar refractivity (Wildman–Crippen MR) is 110 cm³/mol. The second-order valence-electron chi connectivity index (χ2n) is 6.90. The van der Waals surface area contributed by atoms with Crippen LogP contribution in [-0.4, -0.2) is 0 Å². The first-order chi connectivity index (χ1) is 13.3. The minimum atomic E-state index is 0.0480. The molecular weight excluding hydrogens is 332 g/mol. The predicted octanol–water partition coefficient (Wildman–Crippen LogP) is 5.67. The van der Waals surface area contributed by atoms with Gasteiger partial charge >= 0.3 is 0 Å². The summed E-state index contributed by atoms with van der Waals surface area (Å²) in [6, 6.07) is 28.2. The van der Waals surface area contributed by atoms with Gasteiger partial charge in [-0.3, -0.25) is 4.79 Å². The SMILES string of the molecule is O=c1c2c(oc3ccccc13)C[C@H](c1ccccc1)C(c1ccccc1)=C2. The van der Waals surface area contributed by atoms with Crippen molar-refractivity contribution in [1.29, 1.82) is 0 Å². The molecule has 1 atom stereocenters. The monoisotopic (exact) mass is 350 g/mol. The van der Waals surface area contributed by atoms with Crippen LogP contribution in [0.2, 0.25) is 0 Å². The van der Waals surface area contributed by atoms with Gasteiger partial charge in [0.15, 0.2) is 5.43 Å².